The van der Waals surface area contributed by atoms with Gasteiger partial charge in [-0.1, -0.05) is 12.1 Å². The minimum Gasteiger partial charge on any atom is -0.459 e. The maximum atomic E-state index is 8.98. The van der Waals surface area contributed by atoms with Crippen molar-refractivity contribution in [3.05, 3.63) is 42.2 Å². The van der Waals surface area contributed by atoms with Crippen LogP contribution < -0.4 is 17.2 Å². The molecule has 1 aromatic heterocycles. The van der Waals surface area contributed by atoms with Gasteiger partial charge in [0.05, 0.1) is 5.69 Å². The number of hydrogen-bond acceptors (Lipinski definition) is 3. The Hall–Kier alpha value is -2.80. The Labute approximate surface area is 115 Å². The Balaban J connectivity index is 2.30. The maximum absolute atomic E-state index is 8.98. The van der Waals surface area contributed by atoms with Gasteiger partial charge in [-0.15, -0.1) is 0 Å². The molecule has 0 fully saturated rings. The summed E-state index contributed by atoms with van der Waals surface area (Å²) < 4.78 is 5.45. The van der Waals surface area contributed by atoms with Crippen molar-refractivity contribution < 1.29 is 9.52 Å². The van der Waals surface area contributed by atoms with E-state index in [2.05, 4.69) is 9.98 Å². The molecule has 0 radical (unpaired) electrons. The van der Waals surface area contributed by atoms with Crippen LogP contribution in [0.3, 0.4) is 0 Å². The summed E-state index contributed by atoms with van der Waals surface area (Å²) >= 11 is 0. The lowest BCUT2D eigenvalue weighted by atomic mass is 10.1. The highest BCUT2D eigenvalue weighted by Gasteiger charge is 2.05. The van der Waals surface area contributed by atoms with E-state index in [0.29, 0.717) is 17.2 Å². The quantitative estimate of drug-likeness (QED) is 0.481. The molecule has 20 heavy (non-hydrogen) atoms. The number of furan rings is 1. The lowest BCUT2D eigenvalue weighted by Crippen LogP contribution is -2.26. The summed E-state index contributed by atoms with van der Waals surface area (Å²) in [6, 6.07) is 10.7. The Morgan fingerprint density at radius 2 is 1.95 bits per heavy atom. The first kappa shape index (κ1) is 13.6. The van der Waals surface area contributed by atoms with Crippen molar-refractivity contribution in [3.63, 3.8) is 0 Å². The number of aliphatic imine (C=N–C) groups is 2. The third-order valence-corrected chi connectivity index (χ3v) is 2.44. The van der Waals surface area contributed by atoms with Crippen molar-refractivity contribution in [2.24, 2.45) is 27.2 Å². The van der Waals surface area contributed by atoms with E-state index in [1.165, 1.54) is 0 Å². The molecule has 7 heteroatoms. The highest BCUT2D eigenvalue weighted by atomic mass is 16.4. The molecule has 104 valence electrons. The summed E-state index contributed by atoms with van der Waals surface area (Å²) in [6.07, 6.45) is 0. The molecule has 0 bridgehead atoms. The van der Waals surface area contributed by atoms with Crippen LogP contribution >= 0.6 is 0 Å². The number of aliphatic hydroxyl groups excluding tert-OH is 1. The zero-order valence-corrected chi connectivity index (χ0v) is 10.7. The van der Waals surface area contributed by atoms with Crippen molar-refractivity contribution in [1.29, 1.82) is 0 Å². The van der Waals surface area contributed by atoms with E-state index in [0.717, 1.165) is 5.56 Å². The van der Waals surface area contributed by atoms with Crippen molar-refractivity contribution in [1.82, 2.24) is 0 Å². The van der Waals surface area contributed by atoms with Gasteiger partial charge in [0.2, 0.25) is 5.96 Å². The first-order chi connectivity index (χ1) is 9.58. The first-order valence-electron chi connectivity index (χ1n) is 5.82. The number of nitrogens with two attached hydrogens (primary N) is 3. The van der Waals surface area contributed by atoms with Crippen molar-refractivity contribution in [3.8, 4) is 11.3 Å². The second-order valence-electron chi connectivity index (χ2n) is 3.98. The maximum Gasteiger partial charge on any atom is 0.223 e. The van der Waals surface area contributed by atoms with E-state index in [1.54, 1.807) is 30.3 Å². The molecule has 2 aromatic rings. The molecular weight excluding hydrogens is 258 g/mol. The van der Waals surface area contributed by atoms with Crippen LogP contribution in [0.4, 0.5) is 5.69 Å². The molecule has 1 aromatic carbocycles. The average Bonchev–Trinajstić information content (AvgIpc) is 2.86. The van der Waals surface area contributed by atoms with Gasteiger partial charge in [0.25, 0.3) is 0 Å². The molecule has 7 nitrogen and oxygen atoms in total. The Bertz CT molecular complexity index is 656. The van der Waals surface area contributed by atoms with E-state index in [4.69, 9.17) is 26.7 Å². The normalized spacial score (nSPS) is 11.3. The predicted octanol–water partition coefficient (Wildman–Crippen LogP) is 0.659. The van der Waals surface area contributed by atoms with Gasteiger partial charge in [-0.3, -0.25) is 0 Å². The van der Waals surface area contributed by atoms with Crippen LogP contribution in [-0.2, 0) is 6.61 Å². The fourth-order valence-electron chi connectivity index (χ4n) is 1.64. The standard InChI is InChI=1S/C13H15N5O2/c14-12(15)18-13(16)17-9-3-1-2-8(6-9)11-5-4-10(7-19)20-11/h1-6,19H,7H2,(H6,14,15,16,17,18). The second-order valence-corrected chi connectivity index (χ2v) is 3.98. The lowest BCUT2D eigenvalue weighted by molar-refractivity contribution is 0.248. The molecule has 0 atom stereocenters. The Morgan fingerprint density at radius 1 is 1.15 bits per heavy atom. The van der Waals surface area contributed by atoms with Gasteiger partial charge in [0.1, 0.15) is 18.1 Å². The number of guanidine groups is 2. The van der Waals surface area contributed by atoms with E-state index < -0.39 is 0 Å². The summed E-state index contributed by atoms with van der Waals surface area (Å²) in [5.74, 6) is 0.944. The largest absolute Gasteiger partial charge is 0.459 e. The minimum absolute atomic E-state index is 0.0300. The molecule has 0 amide bonds. The lowest BCUT2D eigenvalue weighted by Gasteiger charge is -2.00. The monoisotopic (exact) mass is 273 g/mol. The number of aliphatic hydroxyl groups is 1. The van der Waals surface area contributed by atoms with E-state index >= 15 is 0 Å². The molecule has 1 heterocycles. The molecule has 0 saturated carbocycles. The smallest absolute Gasteiger partial charge is 0.223 e. The van der Waals surface area contributed by atoms with Crippen LogP contribution in [0, 0.1) is 0 Å². The fraction of sp³-hybridized carbons (Fsp3) is 0.0769. The van der Waals surface area contributed by atoms with Crippen LogP contribution in [0.25, 0.3) is 11.3 Å². The third kappa shape index (κ3) is 3.36. The molecule has 0 aliphatic rings. The van der Waals surface area contributed by atoms with Gasteiger partial charge in [0.15, 0.2) is 5.96 Å². The topological polar surface area (TPSA) is 136 Å². The van der Waals surface area contributed by atoms with Crippen LogP contribution in [0.5, 0.6) is 0 Å². The Kier molecular flexibility index (Phi) is 4.02. The van der Waals surface area contributed by atoms with Gasteiger partial charge in [-0.05, 0) is 24.3 Å². The average molecular weight is 273 g/mol. The number of rotatable bonds is 3. The summed E-state index contributed by atoms with van der Waals surface area (Å²) in [5, 5.41) is 8.98. The van der Waals surface area contributed by atoms with Gasteiger partial charge in [-0.25, -0.2) is 4.99 Å². The van der Waals surface area contributed by atoms with Gasteiger partial charge in [0, 0.05) is 5.56 Å². The van der Waals surface area contributed by atoms with Crippen molar-refractivity contribution >= 4 is 17.6 Å². The zero-order valence-electron chi connectivity index (χ0n) is 10.7. The van der Waals surface area contributed by atoms with Crippen LogP contribution in [0.2, 0.25) is 0 Å². The van der Waals surface area contributed by atoms with E-state index in [1.807, 2.05) is 6.07 Å². The predicted molar refractivity (Wildman–Crippen MR) is 77.2 cm³/mol. The molecule has 0 aliphatic carbocycles. The number of nitrogens with zero attached hydrogens (tertiary/aromatic N) is 2. The highest BCUT2D eigenvalue weighted by molar-refractivity contribution is 5.93. The molecule has 7 N–H and O–H groups in total. The molecular formula is C13H15N5O2. The zero-order chi connectivity index (χ0) is 14.5. The van der Waals surface area contributed by atoms with E-state index in [-0.39, 0.29) is 18.5 Å². The van der Waals surface area contributed by atoms with Gasteiger partial charge >= 0.3 is 0 Å². The number of benzene rings is 1. The highest BCUT2D eigenvalue weighted by Crippen LogP contribution is 2.26. The molecule has 0 unspecified atom stereocenters. The Morgan fingerprint density at radius 3 is 2.60 bits per heavy atom. The van der Waals surface area contributed by atoms with Crippen LogP contribution in [0.15, 0.2) is 50.8 Å². The van der Waals surface area contributed by atoms with Crippen LogP contribution in [-0.4, -0.2) is 17.0 Å². The summed E-state index contributed by atoms with van der Waals surface area (Å²) in [5.41, 5.74) is 17.4. The molecule has 0 spiro atoms. The summed E-state index contributed by atoms with van der Waals surface area (Å²) in [6.45, 7) is -0.144. The molecule has 0 saturated heterocycles. The second kappa shape index (κ2) is 5.89. The minimum atomic E-state index is -0.152. The van der Waals surface area contributed by atoms with E-state index in [9.17, 15) is 0 Å². The SMILES string of the molecule is NC(N)=NC(N)=Nc1cccc(-c2ccc(CO)o2)c1. The fourth-order valence-corrected chi connectivity index (χ4v) is 1.64. The van der Waals surface area contributed by atoms with Gasteiger partial charge < -0.3 is 26.7 Å². The summed E-state index contributed by atoms with van der Waals surface area (Å²) in [7, 11) is 0. The molecule has 2 rings (SSSR count). The van der Waals surface area contributed by atoms with Crippen LogP contribution in [0.1, 0.15) is 5.76 Å². The summed E-state index contributed by atoms with van der Waals surface area (Å²) in [4.78, 5) is 7.70. The molecule has 0 aliphatic heterocycles. The first-order valence-corrected chi connectivity index (χ1v) is 5.82. The number of hydrogen-bond donors (Lipinski definition) is 4. The van der Waals surface area contributed by atoms with Crippen molar-refractivity contribution in [2.75, 3.05) is 0 Å². The third-order valence-electron chi connectivity index (χ3n) is 2.44. The van der Waals surface area contributed by atoms with Gasteiger partial charge in [-0.2, -0.15) is 4.99 Å². The van der Waals surface area contributed by atoms with Crippen molar-refractivity contribution in [2.45, 2.75) is 6.61 Å².